The van der Waals surface area contributed by atoms with Gasteiger partial charge >= 0.3 is 6.09 Å². The van der Waals surface area contributed by atoms with E-state index in [0.29, 0.717) is 19.6 Å². The minimum absolute atomic E-state index is 0.401. The molecule has 1 heterocycles. The number of nitrogens with one attached hydrogen (secondary N) is 2. The van der Waals surface area contributed by atoms with Crippen LogP contribution in [0.4, 0.5) is 4.79 Å². The van der Waals surface area contributed by atoms with E-state index in [1.807, 2.05) is 33.8 Å². The number of amides is 1. The monoisotopic (exact) mass is 255 g/mol. The molecule has 1 amide bonds. The second-order valence-corrected chi connectivity index (χ2v) is 5.03. The molecule has 0 aliphatic heterocycles. The number of carbonyl (C=O) groups excluding carboxylic acids is 1. The van der Waals surface area contributed by atoms with Crippen molar-refractivity contribution in [1.82, 2.24) is 15.8 Å². The predicted octanol–water partition coefficient (Wildman–Crippen LogP) is 1.60. The number of hydrogen-bond donors (Lipinski definition) is 2. The maximum Gasteiger partial charge on any atom is 0.407 e. The van der Waals surface area contributed by atoms with E-state index in [4.69, 9.17) is 9.26 Å². The van der Waals surface area contributed by atoms with Gasteiger partial charge in [-0.1, -0.05) is 5.16 Å². The molecule has 0 saturated heterocycles. The Balaban J connectivity index is 2.07. The van der Waals surface area contributed by atoms with E-state index in [9.17, 15) is 4.79 Å². The maximum absolute atomic E-state index is 11.3. The first-order chi connectivity index (χ1) is 8.37. The van der Waals surface area contributed by atoms with Crippen LogP contribution in [0, 0.1) is 6.92 Å². The molecule has 0 radical (unpaired) electrons. The molecule has 0 bridgehead atoms. The third-order valence-corrected chi connectivity index (χ3v) is 1.95. The number of carbonyl (C=O) groups is 1. The first-order valence-corrected chi connectivity index (χ1v) is 5.96. The Hall–Kier alpha value is -1.56. The normalized spacial score (nSPS) is 11.3. The summed E-state index contributed by atoms with van der Waals surface area (Å²) in [5.74, 6) is 0.790. The van der Waals surface area contributed by atoms with Crippen molar-refractivity contribution >= 4 is 6.09 Å². The fourth-order valence-corrected chi connectivity index (χ4v) is 1.28. The highest BCUT2D eigenvalue weighted by molar-refractivity contribution is 5.67. The largest absolute Gasteiger partial charge is 0.444 e. The van der Waals surface area contributed by atoms with Crippen LogP contribution in [-0.4, -0.2) is 29.9 Å². The Morgan fingerprint density at radius 2 is 2.17 bits per heavy atom. The summed E-state index contributed by atoms with van der Waals surface area (Å²) in [5, 5.41) is 9.65. The first-order valence-electron chi connectivity index (χ1n) is 5.96. The van der Waals surface area contributed by atoms with Crippen LogP contribution in [0.5, 0.6) is 0 Å². The van der Waals surface area contributed by atoms with Gasteiger partial charge in [0.15, 0.2) is 0 Å². The lowest BCUT2D eigenvalue weighted by Crippen LogP contribution is -2.36. The van der Waals surface area contributed by atoms with E-state index in [-0.39, 0.29) is 0 Å². The van der Waals surface area contributed by atoms with Gasteiger partial charge in [0.25, 0.3) is 0 Å². The number of ether oxygens (including phenoxy) is 1. The highest BCUT2D eigenvalue weighted by atomic mass is 16.6. The van der Waals surface area contributed by atoms with Crippen molar-refractivity contribution in [3.8, 4) is 0 Å². The van der Waals surface area contributed by atoms with Gasteiger partial charge < -0.3 is 19.9 Å². The molecule has 1 rings (SSSR count). The number of alkyl carbamates (subject to hydrolysis) is 1. The minimum atomic E-state index is -0.463. The topological polar surface area (TPSA) is 76.4 Å². The molecule has 0 aromatic carbocycles. The number of nitrogens with zero attached hydrogens (tertiary/aromatic N) is 1. The fourth-order valence-electron chi connectivity index (χ4n) is 1.28. The summed E-state index contributed by atoms with van der Waals surface area (Å²) < 4.78 is 10.0. The molecule has 0 spiro atoms. The Labute approximate surface area is 107 Å². The molecule has 1 aromatic heterocycles. The van der Waals surface area contributed by atoms with E-state index in [1.54, 1.807) is 0 Å². The number of aryl methyl sites for hydroxylation is 1. The Morgan fingerprint density at radius 1 is 1.44 bits per heavy atom. The van der Waals surface area contributed by atoms with Gasteiger partial charge in [-0.15, -0.1) is 0 Å². The van der Waals surface area contributed by atoms with Crippen molar-refractivity contribution in [2.45, 2.75) is 39.8 Å². The summed E-state index contributed by atoms with van der Waals surface area (Å²) in [7, 11) is 0. The van der Waals surface area contributed by atoms with Crippen molar-refractivity contribution in [2.24, 2.45) is 0 Å². The van der Waals surface area contributed by atoms with Gasteiger partial charge in [-0.3, -0.25) is 0 Å². The average Bonchev–Trinajstić information content (AvgIpc) is 2.61. The zero-order valence-electron chi connectivity index (χ0n) is 11.4. The Bertz CT molecular complexity index is 382. The van der Waals surface area contributed by atoms with Gasteiger partial charge in [-0.05, 0) is 27.7 Å². The van der Waals surface area contributed by atoms with Crippen LogP contribution in [0.1, 0.15) is 32.2 Å². The molecule has 1 aromatic rings. The van der Waals surface area contributed by atoms with Crippen molar-refractivity contribution in [3.63, 3.8) is 0 Å². The smallest absolute Gasteiger partial charge is 0.407 e. The second kappa shape index (κ2) is 6.39. The van der Waals surface area contributed by atoms with Crippen molar-refractivity contribution in [1.29, 1.82) is 0 Å². The zero-order valence-corrected chi connectivity index (χ0v) is 11.4. The zero-order chi connectivity index (χ0) is 13.6. The Kier molecular flexibility index (Phi) is 5.15. The highest BCUT2D eigenvalue weighted by Crippen LogP contribution is 2.06. The number of hydrogen-bond acceptors (Lipinski definition) is 5. The van der Waals surface area contributed by atoms with Gasteiger partial charge in [-0.25, -0.2) is 4.79 Å². The maximum atomic E-state index is 11.3. The molecule has 0 saturated carbocycles. The van der Waals surface area contributed by atoms with Crippen molar-refractivity contribution in [2.75, 3.05) is 13.1 Å². The molecule has 2 N–H and O–H groups in total. The van der Waals surface area contributed by atoms with Crippen LogP contribution in [-0.2, 0) is 11.3 Å². The van der Waals surface area contributed by atoms with Gasteiger partial charge in [0.2, 0.25) is 0 Å². The van der Waals surface area contributed by atoms with Crippen LogP contribution in [0.25, 0.3) is 0 Å². The van der Waals surface area contributed by atoms with Crippen LogP contribution < -0.4 is 10.6 Å². The molecule has 0 aliphatic carbocycles. The number of aromatic nitrogens is 1. The highest BCUT2D eigenvalue weighted by Gasteiger charge is 2.15. The molecule has 18 heavy (non-hydrogen) atoms. The molecule has 102 valence electrons. The first kappa shape index (κ1) is 14.5. The molecule has 0 fully saturated rings. The van der Waals surface area contributed by atoms with Gasteiger partial charge in [-0.2, -0.15) is 0 Å². The summed E-state index contributed by atoms with van der Waals surface area (Å²) >= 11 is 0. The Morgan fingerprint density at radius 3 is 2.72 bits per heavy atom. The van der Waals surface area contributed by atoms with Crippen LogP contribution >= 0.6 is 0 Å². The van der Waals surface area contributed by atoms with Gasteiger partial charge in [0, 0.05) is 25.7 Å². The SMILES string of the molecule is Cc1cc(CNCCNC(=O)OC(C)(C)C)no1. The molecular weight excluding hydrogens is 234 g/mol. The average molecular weight is 255 g/mol. The molecule has 6 heteroatoms. The molecule has 0 aliphatic rings. The molecule has 6 nitrogen and oxygen atoms in total. The summed E-state index contributed by atoms with van der Waals surface area (Å²) in [4.78, 5) is 11.3. The summed E-state index contributed by atoms with van der Waals surface area (Å²) in [6, 6.07) is 1.87. The van der Waals surface area contributed by atoms with E-state index >= 15 is 0 Å². The summed E-state index contributed by atoms with van der Waals surface area (Å²) in [5.41, 5.74) is 0.389. The third-order valence-electron chi connectivity index (χ3n) is 1.95. The van der Waals surface area contributed by atoms with E-state index < -0.39 is 11.7 Å². The van der Waals surface area contributed by atoms with Crippen molar-refractivity contribution < 1.29 is 14.1 Å². The van der Waals surface area contributed by atoms with Gasteiger partial charge in [0.1, 0.15) is 11.4 Å². The molecular formula is C12H21N3O3. The van der Waals surface area contributed by atoms with E-state index in [2.05, 4.69) is 15.8 Å². The second-order valence-electron chi connectivity index (χ2n) is 5.03. The molecule has 0 unspecified atom stereocenters. The quantitative estimate of drug-likeness (QED) is 0.781. The van der Waals surface area contributed by atoms with Crippen LogP contribution in [0.15, 0.2) is 10.6 Å². The van der Waals surface area contributed by atoms with E-state index in [0.717, 1.165) is 11.5 Å². The fraction of sp³-hybridized carbons (Fsp3) is 0.667. The molecule has 0 atom stereocenters. The minimum Gasteiger partial charge on any atom is -0.444 e. The van der Waals surface area contributed by atoms with Crippen LogP contribution in [0.3, 0.4) is 0 Å². The van der Waals surface area contributed by atoms with Crippen LogP contribution in [0.2, 0.25) is 0 Å². The predicted molar refractivity (Wildman–Crippen MR) is 67.2 cm³/mol. The van der Waals surface area contributed by atoms with E-state index in [1.165, 1.54) is 0 Å². The summed E-state index contributed by atoms with van der Waals surface area (Å²) in [6.07, 6.45) is -0.401. The van der Waals surface area contributed by atoms with Gasteiger partial charge in [0.05, 0.1) is 5.69 Å². The third kappa shape index (κ3) is 6.24. The summed E-state index contributed by atoms with van der Waals surface area (Å²) in [6.45, 7) is 9.11. The lowest BCUT2D eigenvalue weighted by Gasteiger charge is -2.19. The van der Waals surface area contributed by atoms with Crippen molar-refractivity contribution in [3.05, 3.63) is 17.5 Å². The standard InChI is InChI=1S/C12H21N3O3/c1-9-7-10(15-18-9)8-13-5-6-14-11(16)17-12(2,3)4/h7,13H,5-6,8H2,1-4H3,(H,14,16). The number of rotatable bonds is 5. The lowest BCUT2D eigenvalue weighted by atomic mass is 10.2. The lowest BCUT2D eigenvalue weighted by molar-refractivity contribution is 0.0528.